The van der Waals surface area contributed by atoms with Gasteiger partial charge in [0, 0.05) is 5.56 Å². The maximum absolute atomic E-state index is 10.3. The van der Waals surface area contributed by atoms with E-state index in [-0.39, 0.29) is 5.75 Å². The highest BCUT2D eigenvalue weighted by atomic mass is 16.3. The molecule has 0 bridgehead atoms. The fourth-order valence-corrected chi connectivity index (χ4v) is 2.01. The van der Waals surface area contributed by atoms with Crippen LogP contribution < -0.4 is 0 Å². The molecule has 0 amide bonds. The summed E-state index contributed by atoms with van der Waals surface area (Å²) in [6.45, 7) is 2.05. The van der Waals surface area contributed by atoms with Crippen molar-refractivity contribution in [2.75, 3.05) is 0 Å². The van der Waals surface area contributed by atoms with Crippen LogP contribution in [-0.4, -0.2) is 10.2 Å². The number of phenolic OH excluding ortho intramolecular Hbond substituents is 1. The number of aromatic hydroxyl groups is 1. The zero-order valence-electron chi connectivity index (χ0n) is 9.80. The van der Waals surface area contributed by atoms with Crippen molar-refractivity contribution < 1.29 is 10.2 Å². The summed E-state index contributed by atoms with van der Waals surface area (Å²) in [7, 11) is 0. The predicted octanol–water partition coefficient (Wildman–Crippen LogP) is 3.04. The van der Waals surface area contributed by atoms with Crippen molar-refractivity contribution in [2.45, 2.75) is 19.4 Å². The van der Waals surface area contributed by atoms with E-state index in [2.05, 4.69) is 6.92 Å². The highest BCUT2D eigenvalue weighted by Crippen LogP contribution is 2.30. The van der Waals surface area contributed by atoms with Gasteiger partial charge in [-0.2, -0.15) is 0 Å². The summed E-state index contributed by atoms with van der Waals surface area (Å²) in [4.78, 5) is 0. The molecule has 88 valence electrons. The second-order valence-corrected chi connectivity index (χ2v) is 4.01. The van der Waals surface area contributed by atoms with E-state index in [9.17, 15) is 10.2 Å². The maximum atomic E-state index is 10.3. The Morgan fingerprint density at radius 3 is 2.18 bits per heavy atom. The van der Waals surface area contributed by atoms with Crippen LogP contribution in [0.5, 0.6) is 5.75 Å². The molecular formula is C15H16O2. The first-order valence-corrected chi connectivity index (χ1v) is 5.77. The molecule has 0 saturated heterocycles. The Labute approximate surface area is 101 Å². The molecule has 1 atom stereocenters. The van der Waals surface area contributed by atoms with Gasteiger partial charge < -0.3 is 10.2 Å². The summed E-state index contributed by atoms with van der Waals surface area (Å²) in [5, 5.41) is 20.1. The number of aliphatic hydroxyl groups excluding tert-OH is 1. The van der Waals surface area contributed by atoms with Crippen molar-refractivity contribution in [3.63, 3.8) is 0 Å². The molecule has 0 aliphatic rings. The molecule has 2 nitrogen and oxygen atoms in total. The first-order chi connectivity index (χ1) is 8.24. The minimum atomic E-state index is -0.771. The van der Waals surface area contributed by atoms with Gasteiger partial charge in [0.1, 0.15) is 11.9 Å². The van der Waals surface area contributed by atoms with E-state index < -0.39 is 6.10 Å². The van der Waals surface area contributed by atoms with E-state index in [0.717, 1.165) is 17.5 Å². The standard InChI is InChI=1S/C15H16O2/c1-2-11-7-3-4-8-12(11)15(17)13-9-5-6-10-14(13)16/h3-10,15-17H,2H2,1H3. The summed E-state index contributed by atoms with van der Waals surface area (Å²) >= 11 is 0. The Hall–Kier alpha value is -1.80. The second kappa shape index (κ2) is 5.02. The first kappa shape index (κ1) is 11.7. The van der Waals surface area contributed by atoms with Crippen molar-refractivity contribution in [3.8, 4) is 5.75 Å². The molecule has 0 heterocycles. The number of hydrogen-bond donors (Lipinski definition) is 2. The van der Waals surface area contributed by atoms with E-state index in [1.165, 1.54) is 0 Å². The number of phenols is 1. The lowest BCUT2D eigenvalue weighted by atomic mass is 9.95. The Balaban J connectivity index is 2.44. The van der Waals surface area contributed by atoms with E-state index in [4.69, 9.17) is 0 Å². The zero-order chi connectivity index (χ0) is 12.3. The van der Waals surface area contributed by atoms with Gasteiger partial charge in [-0.05, 0) is 23.6 Å². The largest absolute Gasteiger partial charge is 0.508 e. The van der Waals surface area contributed by atoms with Crippen LogP contribution >= 0.6 is 0 Å². The van der Waals surface area contributed by atoms with Crippen LogP contribution in [0, 0.1) is 0 Å². The molecule has 2 aromatic carbocycles. The van der Waals surface area contributed by atoms with Gasteiger partial charge >= 0.3 is 0 Å². The molecule has 0 spiro atoms. The lowest BCUT2D eigenvalue weighted by Crippen LogP contribution is -2.03. The highest BCUT2D eigenvalue weighted by molar-refractivity contribution is 5.41. The van der Waals surface area contributed by atoms with Gasteiger partial charge in [0.25, 0.3) is 0 Å². The summed E-state index contributed by atoms with van der Waals surface area (Å²) in [6.07, 6.45) is 0.0910. The van der Waals surface area contributed by atoms with Crippen LogP contribution in [0.1, 0.15) is 29.7 Å². The number of benzene rings is 2. The van der Waals surface area contributed by atoms with E-state index in [0.29, 0.717) is 5.56 Å². The molecule has 2 heteroatoms. The SMILES string of the molecule is CCc1ccccc1C(O)c1ccccc1O. The molecule has 0 fully saturated rings. The van der Waals surface area contributed by atoms with Gasteiger partial charge in [0.2, 0.25) is 0 Å². The Morgan fingerprint density at radius 2 is 1.53 bits per heavy atom. The Kier molecular flexibility index (Phi) is 3.45. The molecule has 0 aromatic heterocycles. The van der Waals surface area contributed by atoms with Gasteiger partial charge in [-0.25, -0.2) is 0 Å². The summed E-state index contributed by atoms with van der Waals surface area (Å²) in [6, 6.07) is 14.6. The van der Waals surface area contributed by atoms with Gasteiger partial charge in [-0.3, -0.25) is 0 Å². The third-order valence-electron chi connectivity index (χ3n) is 2.96. The molecule has 0 saturated carbocycles. The van der Waals surface area contributed by atoms with Crippen molar-refractivity contribution in [3.05, 3.63) is 65.2 Å². The summed E-state index contributed by atoms with van der Waals surface area (Å²) in [5.74, 6) is 0.130. The van der Waals surface area contributed by atoms with Crippen LogP contribution in [0.15, 0.2) is 48.5 Å². The van der Waals surface area contributed by atoms with E-state index >= 15 is 0 Å². The van der Waals surface area contributed by atoms with Crippen molar-refractivity contribution in [1.29, 1.82) is 0 Å². The number of aryl methyl sites for hydroxylation is 1. The molecule has 1 unspecified atom stereocenters. The number of hydrogen-bond acceptors (Lipinski definition) is 2. The van der Waals surface area contributed by atoms with Crippen LogP contribution in [-0.2, 0) is 6.42 Å². The lowest BCUT2D eigenvalue weighted by Gasteiger charge is -2.16. The molecule has 17 heavy (non-hydrogen) atoms. The quantitative estimate of drug-likeness (QED) is 0.847. The number of para-hydroxylation sites is 1. The molecule has 0 radical (unpaired) electrons. The molecule has 0 aliphatic heterocycles. The second-order valence-electron chi connectivity index (χ2n) is 4.01. The first-order valence-electron chi connectivity index (χ1n) is 5.77. The Morgan fingerprint density at radius 1 is 0.941 bits per heavy atom. The van der Waals surface area contributed by atoms with Crippen LogP contribution in [0.2, 0.25) is 0 Å². The normalized spacial score (nSPS) is 12.4. The summed E-state index contributed by atoms with van der Waals surface area (Å²) < 4.78 is 0. The number of aliphatic hydroxyl groups is 1. The van der Waals surface area contributed by atoms with Gasteiger partial charge in [-0.15, -0.1) is 0 Å². The average molecular weight is 228 g/mol. The third kappa shape index (κ3) is 2.32. The molecule has 2 N–H and O–H groups in total. The highest BCUT2D eigenvalue weighted by Gasteiger charge is 2.16. The monoisotopic (exact) mass is 228 g/mol. The van der Waals surface area contributed by atoms with Crippen molar-refractivity contribution >= 4 is 0 Å². The van der Waals surface area contributed by atoms with Gasteiger partial charge in [0.05, 0.1) is 0 Å². The topological polar surface area (TPSA) is 40.5 Å². The van der Waals surface area contributed by atoms with Crippen LogP contribution in [0.3, 0.4) is 0 Å². The molecule has 0 aliphatic carbocycles. The predicted molar refractivity (Wildman–Crippen MR) is 68.0 cm³/mol. The van der Waals surface area contributed by atoms with Crippen molar-refractivity contribution in [1.82, 2.24) is 0 Å². The van der Waals surface area contributed by atoms with Crippen molar-refractivity contribution in [2.24, 2.45) is 0 Å². The fraction of sp³-hybridized carbons (Fsp3) is 0.200. The van der Waals surface area contributed by atoms with Crippen LogP contribution in [0.4, 0.5) is 0 Å². The maximum Gasteiger partial charge on any atom is 0.121 e. The summed E-state index contributed by atoms with van der Waals surface area (Å²) in [5.41, 5.74) is 2.51. The van der Waals surface area contributed by atoms with Gasteiger partial charge in [0.15, 0.2) is 0 Å². The van der Waals surface area contributed by atoms with E-state index in [1.807, 2.05) is 30.3 Å². The third-order valence-corrected chi connectivity index (χ3v) is 2.96. The molecular weight excluding hydrogens is 212 g/mol. The zero-order valence-corrected chi connectivity index (χ0v) is 9.80. The van der Waals surface area contributed by atoms with Crippen LogP contribution in [0.25, 0.3) is 0 Å². The smallest absolute Gasteiger partial charge is 0.121 e. The molecule has 2 aromatic rings. The molecule has 2 rings (SSSR count). The minimum absolute atomic E-state index is 0.130. The minimum Gasteiger partial charge on any atom is -0.508 e. The van der Waals surface area contributed by atoms with Gasteiger partial charge in [-0.1, -0.05) is 49.4 Å². The lowest BCUT2D eigenvalue weighted by molar-refractivity contribution is 0.214. The average Bonchev–Trinajstić information content (AvgIpc) is 2.38. The Bertz CT molecular complexity index is 506. The van der Waals surface area contributed by atoms with E-state index in [1.54, 1.807) is 18.2 Å². The number of rotatable bonds is 3. The fourth-order valence-electron chi connectivity index (χ4n) is 2.01.